The van der Waals surface area contributed by atoms with Crippen LogP contribution in [0.15, 0.2) is 0 Å². The van der Waals surface area contributed by atoms with E-state index in [0.29, 0.717) is 37.8 Å². The molecule has 0 unspecified atom stereocenters. The minimum Gasteiger partial charge on any atom is -0.378 e. The number of hydrogen-bond donors (Lipinski definition) is 0. The van der Waals surface area contributed by atoms with E-state index in [4.69, 9.17) is 4.74 Å². The van der Waals surface area contributed by atoms with E-state index in [2.05, 4.69) is 0 Å². The molecule has 1 aliphatic rings. The van der Waals surface area contributed by atoms with Crippen LogP contribution in [0.5, 0.6) is 0 Å². The van der Waals surface area contributed by atoms with Crippen molar-refractivity contribution in [2.75, 3.05) is 51.9 Å². The molecule has 0 spiro atoms. The van der Waals surface area contributed by atoms with Crippen LogP contribution in [-0.4, -0.2) is 73.5 Å². The van der Waals surface area contributed by atoms with Gasteiger partial charge in [0.15, 0.2) is 0 Å². The zero-order valence-corrected chi connectivity index (χ0v) is 10.6. The molecule has 0 aromatic rings. The molecular weight excluding hydrogens is 228 g/mol. The molecule has 1 rings (SSSR count). The third-order valence-electron chi connectivity index (χ3n) is 2.31. The molecule has 1 aliphatic heterocycles. The van der Waals surface area contributed by atoms with Crippen LogP contribution in [0.2, 0.25) is 0 Å². The first-order valence-corrected chi connectivity index (χ1v) is 6.40. The summed E-state index contributed by atoms with van der Waals surface area (Å²) in [6.07, 6.45) is 0. The Hall–Kier alpha value is -0.750. The van der Waals surface area contributed by atoms with Gasteiger partial charge in [-0.3, -0.25) is 9.59 Å². The maximum Gasteiger partial charge on any atom is 0.232 e. The van der Waals surface area contributed by atoms with Crippen LogP contribution in [0.25, 0.3) is 0 Å². The van der Waals surface area contributed by atoms with Crippen molar-refractivity contribution >= 4 is 23.6 Å². The number of carbonyl (C=O) groups excluding carboxylic acids is 2. The Morgan fingerprint density at radius 2 is 1.88 bits per heavy atom. The number of nitrogens with zero attached hydrogens (tertiary/aromatic N) is 2. The first-order chi connectivity index (χ1) is 7.61. The molecule has 6 heteroatoms. The second kappa shape index (κ2) is 6.75. The van der Waals surface area contributed by atoms with Crippen molar-refractivity contribution < 1.29 is 14.3 Å². The monoisotopic (exact) mass is 246 g/mol. The highest BCUT2D eigenvalue weighted by molar-refractivity contribution is 8.00. The lowest BCUT2D eigenvalue weighted by Crippen LogP contribution is -2.41. The Morgan fingerprint density at radius 3 is 2.44 bits per heavy atom. The molecule has 0 aromatic carbocycles. The SMILES string of the molecule is CN(C)C(=O)CSCC(=O)N1CCOCC1. The Morgan fingerprint density at radius 1 is 1.25 bits per heavy atom. The normalized spacial score (nSPS) is 16.0. The number of ether oxygens (including phenoxy) is 1. The van der Waals surface area contributed by atoms with E-state index in [1.54, 1.807) is 19.0 Å². The highest BCUT2D eigenvalue weighted by atomic mass is 32.2. The third-order valence-corrected chi connectivity index (χ3v) is 3.22. The van der Waals surface area contributed by atoms with Crippen LogP contribution in [0.1, 0.15) is 0 Å². The molecule has 0 N–H and O–H groups in total. The van der Waals surface area contributed by atoms with Crippen LogP contribution in [0.4, 0.5) is 0 Å². The second-order valence-corrected chi connectivity index (χ2v) is 4.76. The van der Waals surface area contributed by atoms with E-state index in [0.717, 1.165) is 0 Å². The van der Waals surface area contributed by atoms with E-state index in [9.17, 15) is 9.59 Å². The Kier molecular flexibility index (Phi) is 5.62. The summed E-state index contributed by atoms with van der Waals surface area (Å²) in [6, 6.07) is 0. The van der Waals surface area contributed by atoms with Gasteiger partial charge < -0.3 is 14.5 Å². The Bertz CT molecular complexity index is 252. The fourth-order valence-electron chi connectivity index (χ4n) is 1.26. The van der Waals surface area contributed by atoms with E-state index >= 15 is 0 Å². The average Bonchev–Trinajstić information content (AvgIpc) is 2.29. The lowest BCUT2D eigenvalue weighted by Gasteiger charge is -2.26. The van der Waals surface area contributed by atoms with E-state index in [1.165, 1.54) is 16.7 Å². The minimum atomic E-state index is 0.0415. The maximum absolute atomic E-state index is 11.7. The van der Waals surface area contributed by atoms with Gasteiger partial charge in [-0.2, -0.15) is 0 Å². The largest absolute Gasteiger partial charge is 0.378 e. The van der Waals surface area contributed by atoms with Crippen molar-refractivity contribution in [3.63, 3.8) is 0 Å². The van der Waals surface area contributed by atoms with Gasteiger partial charge in [0.25, 0.3) is 0 Å². The van der Waals surface area contributed by atoms with E-state index in [1.807, 2.05) is 0 Å². The quantitative estimate of drug-likeness (QED) is 0.681. The summed E-state index contributed by atoms with van der Waals surface area (Å²) in [7, 11) is 3.43. The molecular formula is C10H18N2O3S. The number of thioether (sulfide) groups is 1. The molecule has 0 aromatic heterocycles. The van der Waals surface area contributed by atoms with Crippen molar-refractivity contribution in [3.05, 3.63) is 0 Å². The standard InChI is InChI=1S/C10H18N2O3S/c1-11(2)9(13)7-16-8-10(14)12-3-5-15-6-4-12/h3-8H2,1-2H3. The Labute approximate surface area is 100 Å². The predicted octanol–water partition coefficient (Wildman–Crippen LogP) is -0.333. The van der Waals surface area contributed by atoms with Crippen molar-refractivity contribution in [1.82, 2.24) is 9.80 Å². The fraction of sp³-hybridized carbons (Fsp3) is 0.800. The lowest BCUT2D eigenvalue weighted by molar-refractivity contribution is -0.132. The van der Waals surface area contributed by atoms with Gasteiger partial charge in [0.05, 0.1) is 24.7 Å². The number of carbonyl (C=O) groups is 2. The van der Waals surface area contributed by atoms with Gasteiger partial charge >= 0.3 is 0 Å². The zero-order chi connectivity index (χ0) is 12.0. The predicted molar refractivity (Wildman–Crippen MR) is 63.4 cm³/mol. The molecule has 92 valence electrons. The smallest absolute Gasteiger partial charge is 0.232 e. The molecule has 0 aliphatic carbocycles. The Balaban J connectivity index is 2.17. The summed E-state index contributed by atoms with van der Waals surface area (Å²) in [4.78, 5) is 26.3. The van der Waals surface area contributed by atoms with Crippen LogP contribution in [0.3, 0.4) is 0 Å². The van der Waals surface area contributed by atoms with Crippen LogP contribution >= 0.6 is 11.8 Å². The maximum atomic E-state index is 11.7. The molecule has 0 saturated carbocycles. The van der Waals surface area contributed by atoms with Crippen molar-refractivity contribution in [2.24, 2.45) is 0 Å². The fourth-order valence-corrected chi connectivity index (χ4v) is 2.15. The second-order valence-electron chi connectivity index (χ2n) is 3.77. The van der Waals surface area contributed by atoms with Crippen molar-refractivity contribution in [2.45, 2.75) is 0 Å². The average molecular weight is 246 g/mol. The molecule has 0 bridgehead atoms. The minimum absolute atomic E-state index is 0.0415. The van der Waals surface area contributed by atoms with E-state index in [-0.39, 0.29) is 11.8 Å². The highest BCUT2D eigenvalue weighted by Crippen LogP contribution is 2.05. The summed E-state index contributed by atoms with van der Waals surface area (Å²) in [5.74, 6) is 0.877. The van der Waals surface area contributed by atoms with Gasteiger partial charge in [-0.1, -0.05) is 0 Å². The third kappa shape index (κ3) is 4.40. The number of amides is 2. The van der Waals surface area contributed by atoms with Gasteiger partial charge in [0, 0.05) is 27.2 Å². The zero-order valence-electron chi connectivity index (χ0n) is 9.77. The topological polar surface area (TPSA) is 49.9 Å². The van der Waals surface area contributed by atoms with Crippen molar-refractivity contribution in [3.8, 4) is 0 Å². The van der Waals surface area contributed by atoms with Gasteiger partial charge in [0.2, 0.25) is 11.8 Å². The molecule has 5 nitrogen and oxygen atoms in total. The lowest BCUT2D eigenvalue weighted by atomic mass is 10.4. The van der Waals surface area contributed by atoms with Crippen molar-refractivity contribution in [1.29, 1.82) is 0 Å². The van der Waals surface area contributed by atoms with Gasteiger partial charge in [-0.15, -0.1) is 11.8 Å². The molecule has 1 fully saturated rings. The number of rotatable bonds is 4. The summed E-state index contributed by atoms with van der Waals surface area (Å²) in [5, 5.41) is 0. The summed E-state index contributed by atoms with van der Waals surface area (Å²) in [6.45, 7) is 2.57. The molecule has 1 saturated heterocycles. The summed E-state index contributed by atoms with van der Waals surface area (Å²) >= 11 is 1.37. The number of hydrogen-bond acceptors (Lipinski definition) is 4. The summed E-state index contributed by atoms with van der Waals surface area (Å²) < 4.78 is 5.16. The van der Waals surface area contributed by atoms with Gasteiger partial charge in [0.1, 0.15) is 0 Å². The van der Waals surface area contributed by atoms with Gasteiger partial charge in [-0.25, -0.2) is 0 Å². The highest BCUT2D eigenvalue weighted by Gasteiger charge is 2.16. The summed E-state index contributed by atoms with van der Waals surface area (Å²) in [5.41, 5.74) is 0. The van der Waals surface area contributed by atoms with Gasteiger partial charge in [-0.05, 0) is 0 Å². The molecule has 2 amide bonds. The first-order valence-electron chi connectivity index (χ1n) is 5.24. The van der Waals surface area contributed by atoms with Crippen LogP contribution in [-0.2, 0) is 14.3 Å². The molecule has 1 heterocycles. The molecule has 0 radical (unpaired) electrons. The number of morpholine rings is 1. The first kappa shape index (κ1) is 13.3. The molecule has 0 atom stereocenters. The molecule has 16 heavy (non-hydrogen) atoms. The van der Waals surface area contributed by atoms with Crippen LogP contribution in [0, 0.1) is 0 Å². The van der Waals surface area contributed by atoms with E-state index < -0.39 is 0 Å². The van der Waals surface area contributed by atoms with Crippen LogP contribution < -0.4 is 0 Å².